The number of carbonyl (C=O) groups is 2. The van der Waals surface area contributed by atoms with Crippen molar-refractivity contribution >= 4 is 35.2 Å². The van der Waals surface area contributed by atoms with Crippen LogP contribution in [0, 0.1) is 0 Å². The molecular weight excluding hydrogens is 969 g/mol. The molecule has 0 radical (unpaired) electrons. The lowest BCUT2D eigenvalue weighted by molar-refractivity contribution is 0.0511. The molecule has 7 aromatic carbocycles. The van der Waals surface area contributed by atoms with Gasteiger partial charge in [-0.05, 0) is 108 Å². The fourth-order valence-corrected chi connectivity index (χ4v) is 10.3. The zero-order chi connectivity index (χ0) is 53.2. The third kappa shape index (κ3) is 11.4. The third-order valence-electron chi connectivity index (χ3n) is 12.9. The van der Waals surface area contributed by atoms with Gasteiger partial charge < -0.3 is 24.5 Å². The standard InChI is InChI=1S/C62H62N8O5S/c1-7-20-56-64-54(42-76-41-44-31-35-49(36-32-44)74-50-37-38-53(63)55(39-50)68(6)60(72)75-61(3,4)5)57(59(71)73-8-2)69(56)40-43-29-33-45(34-30-43)51-27-18-19-28-52(51)58-65-66-67-70(58)62(46-21-12-9-13-22-46,47-23-14-10-15-24-47)48-25-16-11-17-26-48/h9-19,21-39H,7-8,20,40-42,63H2,1-6H3. The molecule has 0 bridgehead atoms. The van der Waals surface area contributed by atoms with E-state index in [1.54, 1.807) is 37.0 Å². The van der Waals surface area contributed by atoms with Gasteiger partial charge in [0.05, 0.1) is 23.7 Å². The molecular formula is C62H62N8O5S. The summed E-state index contributed by atoms with van der Waals surface area (Å²) in [6.07, 6.45) is 1.03. The molecule has 2 heterocycles. The zero-order valence-electron chi connectivity index (χ0n) is 43.7. The number of anilines is 2. The Kier molecular flexibility index (Phi) is 16.1. The first-order valence-corrected chi connectivity index (χ1v) is 26.6. The van der Waals surface area contributed by atoms with Crippen LogP contribution in [0.4, 0.5) is 16.2 Å². The molecule has 13 nitrogen and oxygen atoms in total. The molecule has 386 valence electrons. The maximum absolute atomic E-state index is 13.9. The van der Waals surface area contributed by atoms with Crippen LogP contribution >= 0.6 is 11.8 Å². The highest BCUT2D eigenvalue weighted by molar-refractivity contribution is 7.97. The quantitative estimate of drug-likeness (QED) is 0.0468. The SMILES string of the molecule is CCCc1nc(CSCc2ccc(Oc3ccc(N)c(N(C)C(=O)OC(C)(C)C)c3)cc2)c(C(=O)OCC)n1Cc1ccc(-c2ccccc2-c2nnnn2C(c2ccccc2)(c2ccccc2)c2ccccc2)cc1. The Bertz CT molecular complexity index is 3300. The summed E-state index contributed by atoms with van der Waals surface area (Å²) >= 11 is 1.67. The number of carbonyl (C=O) groups excluding carboxylic acids is 2. The van der Waals surface area contributed by atoms with Crippen molar-refractivity contribution in [3.63, 3.8) is 0 Å². The minimum atomic E-state index is -0.910. The number of rotatable bonds is 19. The monoisotopic (exact) mass is 1030 g/mol. The molecule has 0 aliphatic carbocycles. The van der Waals surface area contributed by atoms with Gasteiger partial charge in [-0.1, -0.05) is 159 Å². The minimum Gasteiger partial charge on any atom is -0.461 e. The molecule has 9 rings (SSSR count). The number of hydrogen-bond acceptors (Lipinski definition) is 11. The van der Waals surface area contributed by atoms with E-state index in [0.29, 0.717) is 64.6 Å². The number of aromatic nitrogens is 6. The van der Waals surface area contributed by atoms with Gasteiger partial charge in [-0.25, -0.2) is 19.3 Å². The molecule has 0 aliphatic heterocycles. The van der Waals surface area contributed by atoms with Crippen molar-refractivity contribution in [3.05, 3.63) is 227 Å². The van der Waals surface area contributed by atoms with Crippen LogP contribution in [0.25, 0.3) is 22.5 Å². The number of nitrogen functional groups attached to an aromatic ring is 1. The van der Waals surface area contributed by atoms with Crippen molar-refractivity contribution in [1.29, 1.82) is 0 Å². The molecule has 14 heteroatoms. The number of imidazole rings is 1. The van der Waals surface area contributed by atoms with Gasteiger partial charge in [0.25, 0.3) is 0 Å². The number of aryl methyl sites for hydroxylation is 1. The largest absolute Gasteiger partial charge is 0.461 e. The fourth-order valence-electron chi connectivity index (χ4n) is 9.42. The maximum atomic E-state index is 13.9. The highest BCUT2D eigenvalue weighted by atomic mass is 32.2. The Hall–Kier alpha value is -8.49. The number of thioether (sulfide) groups is 1. The van der Waals surface area contributed by atoms with Crippen LogP contribution in [0.15, 0.2) is 182 Å². The van der Waals surface area contributed by atoms with E-state index in [2.05, 4.69) is 121 Å². The van der Waals surface area contributed by atoms with Gasteiger partial charge in [0, 0.05) is 43.1 Å². The average molecular weight is 1030 g/mol. The summed E-state index contributed by atoms with van der Waals surface area (Å²) < 4.78 is 21.4. The number of tetrazole rings is 1. The zero-order valence-corrected chi connectivity index (χ0v) is 44.5. The molecule has 2 N–H and O–H groups in total. The lowest BCUT2D eigenvalue weighted by Gasteiger charge is -2.36. The molecule has 0 unspecified atom stereocenters. The molecule has 76 heavy (non-hydrogen) atoms. The van der Waals surface area contributed by atoms with E-state index >= 15 is 0 Å². The summed E-state index contributed by atoms with van der Waals surface area (Å²) in [5, 5.41) is 13.9. The summed E-state index contributed by atoms with van der Waals surface area (Å²) in [6.45, 7) is 10.1. The molecule has 0 spiro atoms. The number of esters is 1. The normalized spacial score (nSPS) is 11.6. The van der Waals surface area contributed by atoms with E-state index in [-0.39, 0.29) is 6.61 Å². The first kappa shape index (κ1) is 52.4. The van der Waals surface area contributed by atoms with Crippen LogP contribution in [0.5, 0.6) is 11.5 Å². The second kappa shape index (κ2) is 23.4. The van der Waals surface area contributed by atoms with E-state index in [1.165, 1.54) is 4.90 Å². The van der Waals surface area contributed by atoms with Crippen LogP contribution in [0.2, 0.25) is 0 Å². The van der Waals surface area contributed by atoms with Crippen LogP contribution < -0.4 is 15.4 Å². The maximum Gasteiger partial charge on any atom is 0.414 e. The number of ether oxygens (including phenoxy) is 3. The van der Waals surface area contributed by atoms with Crippen molar-refractivity contribution < 1.29 is 23.8 Å². The number of nitrogens with zero attached hydrogens (tertiary/aromatic N) is 7. The summed E-state index contributed by atoms with van der Waals surface area (Å²) in [5.41, 5.74) is 14.7. The van der Waals surface area contributed by atoms with E-state index in [1.807, 2.05) is 91.5 Å². The van der Waals surface area contributed by atoms with Crippen LogP contribution in [-0.2, 0) is 39.5 Å². The lowest BCUT2D eigenvalue weighted by Crippen LogP contribution is -2.39. The highest BCUT2D eigenvalue weighted by Gasteiger charge is 2.42. The van der Waals surface area contributed by atoms with Crippen molar-refractivity contribution in [2.75, 3.05) is 24.3 Å². The fraction of sp³-hybridized carbons (Fsp3) is 0.226. The Balaban J connectivity index is 0.948. The summed E-state index contributed by atoms with van der Waals surface area (Å²) in [5.74, 6) is 3.39. The van der Waals surface area contributed by atoms with Gasteiger partial charge >= 0.3 is 12.1 Å². The molecule has 0 saturated carbocycles. The van der Waals surface area contributed by atoms with Gasteiger partial charge in [-0.2, -0.15) is 11.8 Å². The van der Waals surface area contributed by atoms with Gasteiger partial charge in [-0.15, -0.1) is 5.10 Å². The molecule has 2 aromatic heterocycles. The summed E-state index contributed by atoms with van der Waals surface area (Å²) in [7, 11) is 1.62. The first-order chi connectivity index (χ1) is 36.9. The number of amides is 1. The molecule has 0 saturated heterocycles. The van der Waals surface area contributed by atoms with Gasteiger partial charge in [0.15, 0.2) is 11.5 Å². The second-order valence-corrected chi connectivity index (χ2v) is 20.3. The Morgan fingerprint density at radius 3 is 1.86 bits per heavy atom. The van der Waals surface area contributed by atoms with Crippen molar-refractivity contribution in [2.24, 2.45) is 0 Å². The smallest absolute Gasteiger partial charge is 0.414 e. The van der Waals surface area contributed by atoms with Crippen molar-refractivity contribution in [2.45, 2.75) is 76.7 Å². The first-order valence-electron chi connectivity index (χ1n) is 25.5. The third-order valence-corrected chi connectivity index (χ3v) is 13.9. The van der Waals surface area contributed by atoms with E-state index < -0.39 is 23.2 Å². The average Bonchev–Trinajstić information content (AvgIpc) is 4.10. The molecule has 9 aromatic rings. The second-order valence-electron chi connectivity index (χ2n) is 19.3. The summed E-state index contributed by atoms with van der Waals surface area (Å²) in [6, 6.07) is 60.9. The van der Waals surface area contributed by atoms with Crippen LogP contribution in [0.3, 0.4) is 0 Å². The molecule has 0 fully saturated rings. The minimum absolute atomic E-state index is 0.243. The lowest BCUT2D eigenvalue weighted by atomic mass is 9.77. The topological polar surface area (TPSA) is 153 Å². The number of nitrogens with two attached hydrogens (primary N) is 1. The van der Waals surface area contributed by atoms with E-state index in [0.717, 1.165) is 56.8 Å². The van der Waals surface area contributed by atoms with Gasteiger partial charge in [-0.3, -0.25) is 4.90 Å². The van der Waals surface area contributed by atoms with Gasteiger partial charge in [0.1, 0.15) is 28.5 Å². The van der Waals surface area contributed by atoms with Crippen molar-refractivity contribution in [1.82, 2.24) is 29.8 Å². The van der Waals surface area contributed by atoms with Crippen LogP contribution in [0.1, 0.15) is 90.9 Å². The van der Waals surface area contributed by atoms with Gasteiger partial charge in [0.2, 0.25) is 0 Å². The van der Waals surface area contributed by atoms with Crippen LogP contribution in [-0.4, -0.2) is 61.1 Å². The Morgan fingerprint density at radius 1 is 0.684 bits per heavy atom. The Labute approximate surface area is 448 Å². The number of benzene rings is 7. The van der Waals surface area contributed by atoms with Crippen molar-refractivity contribution in [3.8, 4) is 34.0 Å². The summed E-state index contributed by atoms with van der Waals surface area (Å²) in [4.78, 5) is 33.1. The highest BCUT2D eigenvalue weighted by Crippen LogP contribution is 2.43. The Morgan fingerprint density at radius 2 is 1.26 bits per heavy atom. The van der Waals surface area contributed by atoms with E-state index in [4.69, 9.17) is 35.2 Å². The predicted molar refractivity (Wildman–Crippen MR) is 302 cm³/mol. The van der Waals surface area contributed by atoms with E-state index in [9.17, 15) is 9.59 Å². The molecule has 1 amide bonds. The predicted octanol–water partition coefficient (Wildman–Crippen LogP) is 13.4. The molecule has 0 aliphatic rings. The molecule has 0 atom stereocenters. The number of hydrogen-bond donors (Lipinski definition) is 1.